The lowest BCUT2D eigenvalue weighted by Gasteiger charge is -2.31. The summed E-state index contributed by atoms with van der Waals surface area (Å²) in [6, 6.07) is 7.22. The second kappa shape index (κ2) is 8.26. The monoisotopic (exact) mass is 336 g/mol. The van der Waals surface area contributed by atoms with Gasteiger partial charge in [-0.25, -0.2) is 9.86 Å². The van der Waals surface area contributed by atoms with Crippen molar-refractivity contribution in [3.63, 3.8) is 0 Å². The summed E-state index contributed by atoms with van der Waals surface area (Å²) < 4.78 is 5.30. The molecular weight excluding hydrogens is 308 g/mol. The van der Waals surface area contributed by atoms with E-state index in [1.807, 2.05) is 30.3 Å². The fraction of sp³-hybridized carbons (Fsp3) is 0.556. The highest BCUT2D eigenvalue weighted by Gasteiger charge is 2.37. The van der Waals surface area contributed by atoms with Gasteiger partial charge in [-0.3, -0.25) is 10.0 Å². The first-order valence-electron chi connectivity index (χ1n) is 8.07. The summed E-state index contributed by atoms with van der Waals surface area (Å²) >= 11 is 0. The Morgan fingerprint density at radius 3 is 2.21 bits per heavy atom. The highest BCUT2D eigenvalue weighted by atomic mass is 16.6. The summed E-state index contributed by atoms with van der Waals surface area (Å²) in [7, 11) is 0. The lowest BCUT2D eigenvalue weighted by atomic mass is 10.0. The Balaban J connectivity index is 2.83. The summed E-state index contributed by atoms with van der Waals surface area (Å²) in [6.07, 6.45) is 0.274. The van der Waals surface area contributed by atoms with E-state index >= 15 is 0 Å². The Kier molecular flexibility index (Phi) is 6.93. The van der Waals surface area contributed by atoms with E-state index in [1.165, 1.54) is 0 Å². The molecule has 1 unspecified atom stereocenters. The number of amides is 1. The number of hydrogen-bond acceptors (Lipinski definition) is 5. The molecule has 0 radical (unpaired) electrons. The zero-order valence-electron chi connectivity index (χ0n) is 15.0. The number of nitrogens with two attached hydrogens (primary N) is 1. The molecule has 6 heteroatoms. The van der Waals surface area contributed by atoms with Crippen molar-refractivity contribution in [2.45, 2.75) is 58.7 Å². The number of ether oxygens (including phenoxy) is 1. The molecule has 0 aliphatic carbocycles. The maximum absolute atomic E-state index is 12.4. The molecule has 0 saturated carbocycles. The van der Waals surface area contributed by atoms with E-state index in [9.17, 15) is 14.8 Å². The molecule has 0 heterocycles. The van der Waals surface area contributed by atoms with Crippen molar-refractivity contribution < 1.29 is 19.5 Å². The molecule has 0 saturated heterocycles. The highest BCUT2D eigenvalue weighted by molar-refractivity contribution is 5.87. The van der Waals surface area contributed by atoms with Crippen molar-refractivity contribution >= 4 is 11.9 Å². The van der Waals surface area contributed by atoms with Gasteiger partial charge in [0.1, 0.15) is 5.60 Å². The topological polar surface area (TPSA) is 92.9 Å². The average Bonchev–Trinajstić information content (AvgIpc) is 2.45. The van der Waals surface area contributed by atoms with Crippen LogP contribution in [-0.4, -0.2) is 39.8 Å². The molecule has 24 heavy (non-hydrogen) atoms. The van der Waals surface area contributed by atoms with Crippen LogP contribution in [0.15, 0.2) is 30.3 Å². The Bertz CT molecular complexity index is 552. The van der Waals surface area contributed by atoms with Gasteiger partial charge in [0.2, 0.25) is 0 Å². The lowest BCUT2D eigenvalue weighted by molar-refractivity contribution is -0.198. The van der Waals surface area contributed by atoms with Gasteiger partial charge in [-0.2, -0.15) is 0 Å². The number of nitrogens with zero attached hydrogens (tertiary/aromatic N) is 1. The van der Waals surface area contributed by atoms with E-state index in [2.05, 4.69) is 0 Å². The van der Waals surface area contributed by atoms with E-state index in [-0.39, 0.29) is 12.3 Å². The van der Waals surface area contributed by atoms with Crippen LogP contribution in [0.3, 0.4) is 0 Å². The third kappa shape index (κ3) is 5.94. The number of rotatable bonds is 6. The molecule has 0 bridgehead atoms. The zero-order valence-corrected chi connectivity index (χ0v) is 15.0. The quantitative estimate of drug-likeness (QED) is 0.472. The van der Waals surface area contributed by atoms with Crippen LogP contribution in [0.5, 0.6) is 0 Å². The molecule has 1 aromatic carbocycles. The molecule has 3 N–H and O–H groups in total. The van der Waals surface area contributed by atoms with Crippen molar-refractivity contribution in [3.05, 3.63) is 35.9 Å². The summed E-state index contributed by atoms with van der Waals surface area (Å²) in [5.41, 5.74) is 6.08. The molecule has 134 valence electrons. The summed E-state index contributed by atoms with van der Waals surface area (Å²) in [6.45, 7) is 8.65. The van der Waals surface area contributed by atoms with Gasteiger partial charge < -0.3 is 10.5 Å². The van der Waals surface area contributed by atoms with E-state index in [0.29, 0.717) is 5.06 Å². The van der Waals surface area contributed by atoms with Crippen molar-refractivity contribution in [3.8, 4) is 0 Å². The molecule has 6 nitrogen and oxygen atoms in total. The van der Waals surface area contributed by atoms with Crippen molar-refractivity contribution in [1.29, 1.82) is 0 Å². The lowest BCUT2D eigenvalue weighted by Crippen LogP contribution is -2.53. The third-order valence-electron chi connectivity index (χ3n) is 3.38. The minimum absolute atomic E-state index is 0.274. The van der Waals surface area contributed by atoms with Gasteiger partial charge in [0.05, 0.1) is 6.04 Å². The van der Waals surface area contributed by atoms with E-state index in [0.717, 1.165) is 5.56 Å². The predicted octanol–water partition coefficient (Wildman–Crippen LogP) is 2.14. The maximum atomic E-state index is 12.4. The number of esters is 1. The van der Waals surface area contributed by atoms with Crippen molar-refractivity contribution in [2.24, 2.45) is 11.7 Å². The predicted molar refractivity (Wildman–Crippen MR) is 91.2 cm³/mol. The van der Waals surface area contributed by atoms with Gasteiger partial charge in [-0.1, -0.05) is 44.2 Å². The Hall–Kier alpha value is -1.92. The van der Waals surface area contributed by atoms with E-state index in [1.54, 1.807) is 34.6 Å². The third-order valence-corrected chi connectivity index (χ3v) is 3.38. The molecule has 0 aromatic heterocycles. The SMILES string of the molecule is CC(C)C(C(=O)OC(C)(C)C)N(O)C(=O)[C@@H](N)Cc1ccccc1. The molecule has 1 rings (SSSR count). The molecule has 0 fully saturated rings. The van der Waals surface area contributed by atoms with Crippen LogP contribution in [0.4, 0.5) is 0 Å². The number of carbonyl (C=O) groups excluding carboxylic acids is 2. The molecule has 1 aromatic rings. The molecule has 1 amide bonds. The Morgan fingerprint density at radius 1 is 1.21 bits per heavy atom. The first-order valence-corrected chi connectivity index (χ1v) is 8.07. The van der Waals surface area contributed by atoms with Crippen LogP contribution >= 0.6 is 0 Å². The largest absolute Gasteiger partial charge is 0.458 e. The minimum Gasteiger partial charge on any atom is -0.458 e. The summed E-state index contributed by atoms with van der Waals surface area (Å²) in [5, 5.41) is 10.7. The van der Waals surface area contributed by atoms with Gasteiger partial charge in [-0.05, 0) is 38.7 Å². The maximum Gasteiger partial charge on any atom is 0.332 e. The van der Waals surface area contributed by atoms with Gasteiger partial charge in [0, 0.05) is 0 Å². The van der Waals surface area contributed by atoms with Gasteiger partial charge >= 0.3 is 5.97 Å². The fourth-order valence-corrected chi connectivity index (χ4v) is 2.28. The Morgan fingerprint density at radius 2 is 1.75 bits per heavy atom. The first kappa shape index (κ1) is 20.1. The average molecular weight is 336 g/mol. The number of hydrogen-bond donors (Lipinski definition) is 2. The molecular formula is C18H28N2O4. The van der Waals surface area contributed by atoms with Crippen LogP contribution < -0.4 is 5.73 Å². The normalized spacial score (nSPS) is 14.2. The smallest absolute Gasteiger partial charge is 0.332 e. The van der Waals surface area contributed by atoms with Gasteiger partial charge in [-0.15, -0.1) is 0 Å². The van der Waals surface area contributed by atoms with Crippen LogP contribution in [0.2, 0.25) is 0 Å². The van der Waals surface area contributed by atoms with E-state index < -0.39 is 29.6 Å². The summed E-state index contributed by atoms with van der Waals surface area (Å²) in [5.74, 6) is -1.68. The van der Waals surface area contributed by atoms with Gasteiger partial charge in [0.25, 0.3) is 5.91 Å². The molecule has 0 spiro atoms. The van der Waals surface area contributed by atoms with Gasteiger partial charge in [0.15, 0.2) is 6.04 Å². The minimum atomic E-state index is -1.10. The van der Waals surface area contributed by atoms with Crippen LogP contribution in [0, 0.1) is 5.92 Å². The standard InChI is InChI=1S/C18H28N2O4/c1-12(2)15(17(22)24-18(3,4)5)20(23)16(21)14(19)11-13-9-7-6-8-10-13/h6-10,12,14-15,23H,11,19H2,1-5H3/t14-,15?/m0/s1. The second-order valence-electron chi connectivity index (χ2n) is 7.20. The van der Waals surface area contributed by atoms with Crippen LogP contribution in [-0.2, 0) is 20.7 Å². The Labute approximate surface area is 143 Å². The van der Waals surface area contributed by atoms with Crippen molar-refractivity contribution in [1.82, 2.24) is 5.06 Å². The molecule has 0 aliphatic heterocycles. The molecule has 2 atom stereocenters. The zero-order chi connectivity index (χ0) is 18.5. The first-order chi connectivity index (χ1) is 11.0. The summed E-state index contributed by atoms with van der Waals surface area (Å²) in [4.78, 5) is 24.7. The number of carbonyl (C=O) groups is 2. The fourth-order valence-electron chi connectivity index (χ4n) is 2.28. The number of hydroxylamine groups is 2. The second-order valence-corrected chi connectivity index (χ2v) is 7.20. The van der Waals surface area contributed by atoms with Crippen molar-refractivity contribution in [2.75, 3.05) is 0 Å². The number of benzene rings is 1. The molecule has 0 aliphatic rings. The van der Waals surface area contributed by atoms with E-state index in [4.69, 9.17) is 10.5 Å². The van der Waals surface area contributed by atoms with Crippen LogP contribution in [0.25, 0.3) is 0 Å². The highest BCUT2D eigenvalue weighted by Crippen LogP contribution is 2.17. The van der Waals surface area contributed by atoms with Crippen LogP contribution in [0.1, 0.15) is 40.2 Å².